The lowest BCUT2D eigenvalue weighted by atomic mass is 10.1. The molecular formula is C22H19N3O2S2. The van der Waals surface area contributed by atoms with Crippen LogP contribution in [0.15, 0.2) is 71.8 Å². The van der Waals surface area contributed by atoms with E-state index in [9.17, 15) is 4.79 Å². The van der Waals surface area contributed by atoms with Gasteiger partial charge in [-0.3, -0.25) is 9.69 Å². The number of nitrogens with zero attached hydrogens (tertiary/aromatic N) is 3. The molecule has 7 heteroatoms. The quantitative estimate of drug-likeness (QED) is 0.436. The minimum atomic E-state index is -0.0940. The minimum absolute atomic E-state index is 0.0940. The summed E-state index contributed by atoms with van der Waals surface area (Å²) in [5.41, 5.74) is 3.63. The second-order valence-corrected chi connectivity index (χ2v) is 8.08. The molecule has 1 aliphatic rings. The molecule has 4 rings (SSSR count). The third kappa shape index (κ3) is 4.17. The Kier molecular flexibility index (Phi) is 5.89. The molecule has 1 fully saturated rings. The van der Waals surface area contributed by atoms with E-state index in [1.54, 1.807) is 12.0 Å². The average Bonchev–Trinajstić information content (AvgIpc) is 3.29. The summed E-state index contributed by atoms with van der Waals surface area (Å²) in [6, 6.07) is 19.9. The smallest absolute Gasteiger partial charge is 0.266 e. The molecule has 1 saturated heterocycles. The maximum Gasteiger partial charge on any atom is 0.266 e. The number of thioether (sulfide) groups is 1. The number of ether oxygens (including phenoxy) is 1. The third-order valence-corrected chi connectivity index (χ3v) is 5.87. The van der Waals surface area contributed by atoms with Crippen molar-refractivity contribution in [2.45, 2.75) is 0 Å². The van der Waals surface area contributed by atoms with Crippen LogP contribution in [-0.4, -0.2) is 45.2 Å². The van der Waals surface area contributed by atoms with Gasteiger partial charge in [0, 0.05) is 24.4 Å². The number of aromatic nitrogens is 2. The predicted octanol–water partition coefficient (Wildman–Crippen LogP) is 4.39. The Morgan fingerprint density at radius 1 is 1.10 bits per heavy atom. The molecular weight excluding hydrogens is 402 g/mol. The zero-order valence-corrected chi connectivity index (χ0v) is 17.5. The molecule has 0 aliphatic carbocycles. The molecule has 0 radical (unpaired) electrons. The monoisotopic (exact) mass is 421 g/mol. The van der Waals surface area contributed by atoms with Gasteiger partial charge in [-0.2, -0.15) is 5.10 Å². The summed E-state index contributed by atoms with van der Waals surface area (Å²) in [4.78, 5) is 15.0. The van der Waals surface area contributed by atoms with Gasteiger partial charge in [0.2, 0.25) is 0 Å². The van der Waals surface area contributed by atoms with E-state index in [4.69, 9.17) is 22.1 Å². The van der Waals surface area contributed by atoms with Gasteiger partial charge < -0.3 is 4.74 Å². The Morgan fingerprint density at radius 3 is 2.48 bits per heavy atom. The van der Waals surface area contributed by atoms with Gasteiger partial charge in [0.05, 0.1) is 29.4 Å². The maximum atomic E-state index is 12.8. The molecule has 1 aromatic heterocycles. The van der Waals surface area contributed by atoms with E-state index in [1.807, 2.05) is 77.6 Å². The van der Waals surface area contributed by atoms with Crippen LogP contribution >= 0.6 is 24.0 Å². The van der Waals surface area contributed by atoms with Crippen molar-refractivity contribution in [1.29, 1.82) is 0 Å². The third-order valence-electron chi connectivity index (χ3n) is 4.49. The van der Waals surface area contributed by atoms with Gasteiger partial charge in [-0.05, 0) is 18.2 Å². The van der Waals surface area contributed by atoms with Gasteiger partial charge in [-0.1, -0.05) is 72.5 Å². The van der Waals surface area contributed by atoms with E-state index < -0.39 is 0 Å². The Bertz CT molecular complexity index is 1060. The molecule has 1 amide bonds. The topological polar surface area (TPSA) is 47.4 Å². The van der Waals surface area contributed by atoms with Gasteiger partial charge in [-0.15, -0.1) is 0 Å². The molecule has 0 saturated carbocycles. The first-order valence-electron chi connectivity index (χ1n) is 9.12. The molecule has 0 unspecified atom stereocenters. The molecule has 5 nitrogen and oxygen atoms in total. The molecule has 0 atom stereocenters. The van der Waals surface area contributed by atoms with Crippen LogP contribution in [-0.2, 0) is 9.53 Å². The highest BCUT2D eigenvalue weighted by Gasteiger charge is 2.32. The second kappa shape index (κ2) is 8.73. The van der Waals surface area contributed by atoms with Crippen LogP contribution in [0.2, 0.25) is 0 Å². The Labute approximate surface area is 179 Å². The Hall–Kier alpha value is -2.74. The first-order valence-corrected chi connectivity index (χ1v) is 10.3. The summed E-state index contributed by atoms with van der Waals surface area (Å²) in [6.45, 7) is 0.897. The van der Waals surface area contributed by atoms with Crippen molar-refractivity contribution >= 4 is 40.3 Å². The van der Waals surface area contributed by atoms with Crippen LogP contribution in [0.1, 0.15) is 5.56 Å². The predicted molar refractivity (Wildman–Crippen MR) is 121 cm³/mol. The van der Waals surface area contributed by atoms with Crippen LogP contribution in [0.3, 0.4) is 0 Å². The average molecular weight is 422 g/mol. The van der Waals surface area contributed by atoms with Crippen molar-refractivity contribution in [1.82, 2.24) is 14.7 Å². The largest absolute Gasteiger partial charge is 0.383 e. The number of amides is 1. The standard InChI is InChI=1S/C22H19N3O2S2/c1-27-13-12-24-21(26)19(29-22(24)28)14-17-15-25(18-10-6-3-7-11-18)23-20(17)16-8-4-2-5-9-16/h2-11,14-15H,12-13H2,1H3/b19-14-. The normalized spacial score (nSPS) is 15.5. The summed E-state index contributed by atoms with van der Waals surface area (Å²) < 4.78 is 7.47. The number of para-hydroxylation sites is 1. The summed E-state index contributed by atoms with van der Waals surface area (Å²) in [5.74, 6) is -0.0940. The van der Waals surface area contributed by atoms with E-state index >= 15 is 0 Å². The zero-order valence-electron chi connectivity index (χ0n) is 15.8. The first-order chi connectivity index (χ1) is 14.2. The summed E-state index contributed by atoms with van der Waals surface area (Å²) >= 11 is 6.70. The van der Waals surface area contributed by atoms with Gasteiger partial charge >= 0.3 is 0 Å². The SMILES string of the molecule is COCCN1C(=O)/C(=C/c2cn(-c3ccccc3)nc2-c2ccccc2)SC1=S. The first kappa shape index (κ1) is 19.6. The van der Waals surface area contributed by atoms with Gasteiger partial charge in [-0.25, -0.2) is 4.68 Å². The highest BCUT2D eigenvalue weighted by atomic mass is 32.2. The second-order valence-electron chi connectivity index (χ2n) is 6.41. The number of carbonyl (C=O) groups excluding carboxylic acids is 1. The maximum absolute atomic E-state index is 12.8. The number of methoxy groups -OCH3 is 1. The lowest BCUT2D eigenvalue weighted by Gasteiger charge is -2.12. The van der Waals surface area contributed by atoms with Crippen molar-refractivity contribution in [3.05, 3.63) is 77.3 Å². The highest BCUT2D eigenvalue weighted by Crippen LogP contribution is 2.34. The molecule has 29 heavy (non-hydrogen) atoms. The molecule has 1 aliphatic heterocycles. The number of hydrogen-bond donors (Lipinski definition) is 0. The van der Waals surface area contributed by atoms with Crippen LogP contribution in [0.25, 0.3) is 23.0 Å². The van der Waals surface area contributed by atoms with Crippen molar-refractivity contribution in [2.24, 2.45) is 0 Å². The summed E-state index contributed by atoms with van der Waals surface area (Å²) in [6.07, 6.45) is 3.82. The summed E-state index contributed by atoms with van der Waals surface area (Å²) in [5, 5.41) is 4.79. The van der Waals surface area contributed by atoms with Gasteiger partial charge in [0.15, 0.2) is 0 Å². The van der Waals surface area contributed by atoms with Crippen molar-refractivity contribution < 1.29 is 9.53 Å². The minimum Gasteiger partial charge on any atom is -0.383 e. The number of hydrogen-bond acceptors (Lipinski definition) is 5. The van der Waals surface area contributed by atoms with Crippen molar-refractivity contribution in [2.75, 3.05) is 20.3 Å². The molecule has 2 aromatic carbocycles. The zero-order chi connectivity index (χ0) is 20.2. The van der Waals surface area contributed by atoms with E-state index in [0.29, 0.717) is 22.4 Å². The molecule has 0 spiro atoms. The highest BCUT2D eigenvalue weighted by molar-refractivity contribution is 8.26. The number of rotatable bonds is 6. The van der Waals surface area contributed by atoms with Crippen LogP contribution in [0, 0.1) is 0 Å². The molecule has 146 valence electrons. The Balaban J connectivity index is 1.75. The van der Waals surface area contributed by atoms with Gasteiger partial charge in [0.1, 0.15) is 4.32 Å². The van der Waals surface area contributed by atoms with E-state index in [1.165, 1.54) is 11.8 Å². The molecule has 0 bridgehead atoms. The van der Waals surface area contributed by atoms with E-state index in [-0.39, 0.29) is 5.91 Å². The fourth-order valence-corrected chi connectivity index (χ4v) is 4.34. The summed E-state index contributed by atoms with van der Waals surface area (Å²) in [7, 11) is 1.61. The fourth-order valence-electron chi connectivity index (χ4n) is 3.04. The Morgan fingerprint density at radius 2 is 1.79 bits per heavy atom. The molecule has 2 heterocycles. The van der Waals surface area contributed by atoms with Crippen molar-refractivity contribution in [3.8, 4) is 16.9 Å². The number of carbonyl (C=O) groups is 1. The number of benzene rings is 2. The molecule has 3 aromatic rings. The van der Waals surface area contributed by atoms with Crippen LogP contribution in [0.5, 0.6) is 0 Å². The number of thiocarbonyl (C=S) groups is 1. The van der Waals surface area contributed by atoms with Crippen LogP contribution in [0.4, 0.5) is 0 Å². The van der Waals surface area contributed by atoms with E-state index in [2.05, 4.69) is 0 Å². The van der Waals surface area contributed by atoms with Crippen LogP contribution < -0.4 is 0 Å². The van der Waals surface area contributed by atoms with E-state index in [0.717, 1.165) is 22.5 Å². The van der Waals surface area contributed by atoms with Gasteiger partial charge in [0.25, 0.3) is 5.91 Å². The molecule has 0 N–H and O–H groups in total. The van der Waals surface area contributed by atoms with Crippen molar-refractivity contribution in [3.63, 3.8) is 0 Å². The lowest BCUT2D eigenvalue weighted by Crippen LogP contribution is -2.31. The fraction of sp³-hybridized carbons (Fsp3) is 0.136. The lowest BCUT2D eigenvalue weighted by molar-refractivity contribution is -0.122.